The topological polar surface area (TPSA) is 21.8 Å². The third-order valence-electron chi connectivity index (χ3n) is 4.85. The van der Waals surface area contributed by atoms with Crippen LogP contribution in [0.5, 0.6) is 0 Å². The summed E-state index contributed by atoms with van der Waals surface area (Å²) < 4.78 is 13.8. The Morgan fingerprint density at radius 2 is 1.67 bits per heavy atom. The molecule has 0 atom stereocenters. The second-order valence-electron chi connectivity index (χ2n) is 6.44. The zero-order valence-corrected chi connectivity index (χ0v) is 13.6. The van der Waals surface area contributed by atoms with Crippen LogP contribution in [0, 0.1) is 5.82 Å². The van der Waals surface area contributed by atoms with Crippen molar-refractivity contribution in [1.82, 2.24) is 0 Å². The molecule has 2 aromatic carbocycles. The lowest BCUT2D eigenvalue weighted by atomic mass is 10.2. The number of aromatic amines is 1. The number of benzene rings is 2. The number of hydrogen-bond donors (Lipinski definition) is 1. The van der Waals surface area contributed by atoms with Crippen molar-refractivity contribution in [3.8, 4) is 0 Å². The first-order chi connectivity index (χ1) is 11.8. The number of rotatable bonds is 3. The quantitative estimate of drug-likeness (QED) is 0.778. The number of piperazine rings is 1. The van der Waals surface area contributed by atoms with Gasteiger partial charge in [-0.15, -0.1) is 0 Å². The van der Waals surface area contributed by atoms with Gasteiger partial charge in [0.1, 0.15) is 44.1 Å². The molecule has 0 amide bonds. The molecule has 0 spiro atoms. The molecule has 2 N–H and O–H groups in total. The normalized spacial score (nSPS) is 15.8. The molecular weight excluding hydrogens is 301 g/mol. The SMILES string of the molecule is Fc1ccccc1C[NH+]1CCN(c2ccc3ccccc3[nH+]2)CC1. The molecule has 122 valence electrons. The zero-order valence-electron chi connectivity index (χ0n) is 13.6. The molecule has 4 rings (SSSR count). The molecule has 0 radical (unpaired) electrons. The Hall–Kier alpha value is -2.46. The second kappa shape index (κ2) is 6.57. The summed E-state index contributed by atoms with van der Waals surface area (Å²) in [5.41, 5.74) is 1.98. The summed E-state index contributed by atoms with van der Waals surface area (Å²) in [5, 5.41) is 1.23. The van der Waals surface area contributed by atoms with Gasteiger partial charge >= 0.3 is 0 Å². The molecule has 0 aliphatic carbocycles. The lowest BCUT2D eigenvalue weighted by Crippen LogP contribution is -3.13. The fourth-order valence-corrected chi connectivity index (χ4v) is 3.44. The van der Waals surface area contributed by atoms with Crippen LogP contribution in [0.15, 0.2) is 60.7 Å². The number of hydrogen-bond acceptors (Lipinski definition) is 1. The number of anilines is 1. The molecule has 0 saturated carbocycles. The standard InChI is InChI=1S/C20H20FN3/c21-18-7-3-1-6-17(18)15-23-11-13-24(14-12-23)20-10-9-16-5-2-4-8-19(16)22-20/h1-10H,11-15H2/p+2. The van der Waals surface area contributed by atoms with Crippen molar-refractivity contribution >= 4 is 16.7 Å². The number of nitrogens with one attached hydrogen (secondary N) is 2. The van der Waals surface area contributed by atoms with E-state index in [0.717, 1.165) is 43.8 Å². The summed E-state index contributed by atoms with van der Waals surface area (Å²) >= 11 is 0. The predicted molar refractivity (Wildman–Crippen MR) is 93.5 cm³/mol. The lowest BCUT2D eigenvalue weighted by molar-refractivity contribution is -0.914. The van der Waals surface area contributed by atoms with Crippen LogP contribution in [0.2, 0.25) is 0 Å². The summed E-state index contributed by atoms with van der Waals surface area (Å²) in [7, 11) is 0. The molecule has 1 aliphatic rings. The van der Waals surface area contributed by atoms with E-state index in [9.17, 15) is 4.39 Å². The molecule has 1 aromatic heterocycles. The summed E-state index contributed by atoms with van der Waals surface area (Å²) in [6, 6.07) is 19.8. The minimum Gasteiger partial charge on any atom is -0.325 e. The molecule has 0 bridgehead atoms. The average Bonchev–Trinajstić information content (AvgIpc) is 2.64. The largest absolute Gasteiger partial charge is 0.325 e. The smallest absolute Gasteiger partial charge is 0.275 e. The molecular formula is C20H22FN3+2. The van der Waals surface area contributed by atoms with Gasteiger partial charge in [-0.25, -0.2) is 9.37 Å². The highest BCUT2D eigenvalue weighted by Crippen LogP contribution is 2.13. The van der Waals surface area contributed by atoms with Crippen LogP contribution in [-0.4, -0.2) is 26.2 Å². The number of para-hydroxylation sites is 1. The first-order valence-corrected chi connectivity index (χ1v) is 8.52. The van der Waals surface area contributed by atoms with E-state index >= 15 is 0 Å². The monoisotopic (exact) mass is 323 g/mol. The van der Waals surface area contributed by atoms with E-state index in [2.05, 4.69) is 46.3 Å². The summed E-state index contributed by atoms with van der Waals surface area (Å²) in [4.78, 5) is 7.35. The highest BCUT2D eigenvalue weighted by Gasteiger charge is 2.26. The highest BCUT2D eigenvalue weighted by atomic mass is 19.1. The van der Waals surface area contributed by atoms with Gasteiger partial charge in [0.05, 0.1) is 0 Å². The van der Waals surface area contributed by atoms with Gasteiger partial charge in [-0.05, 0) is 18.2 Å². The van der Waals surface area contributed by atoms with Gasteiger partial charge in [0.25, 0.3) is 5.82 Å². The summed E-state index contributed by atoms with van der Waals surface area (Å²) in [6.07, 6.45) is 0. The minimum atomic E-state index is -0.0877. The molecule has 1 fully saturated rings. The number of aromatic nitrogens is 1. The number of H-pyrrole nitrogens is 1. The van der Waals surface area contributed by atoms with Crippen molar-refractivity contribution in [2.45, 2.75) is 6.54 Å². The predicted octanol–water partition coefficient (Wildman–Crippen LogP) is 1.70. The van der Waals surface area contributed by atoms with Gasteiger partial charge in [0.15, 0.2) is 0 Å². The van der Waals surface area contributed by atoms with Crippen molar-refractivity contribution in [2.75, 3.05) is 31.1 Å². The summed E-state index contributed by atoms with van der Waals surface area (Å²) in [5.74, 6) is 1.08. The lowest BCUT2D eigenvalue weighted by Gasteiger charge is -2.28. The second-order valence-corrected chi connectivity index (χ2v) is 6.44. The van der Waals surface area contributed by atoms with E-state index in [0.29, 0.717) is 0 Å². The molecule has 1 aliphatic heterocycles. The zero-order chi connectivity index (χ0) is 16.4. The molecule has 2 heterocycles. The van der Waals surface area contributed by atoms with Crippen molar-refractivity contribution in [2.24, 2.45) is 0 Å². The molecule has 1 saturated heterocycles. The molecule has 3 aromatic rings. The van der Waals surface area contributed by atoms with Crippen LogP contribution >= 0.6 is 0 Å². The van der Waals surface area contributed by atoms with Crippen molar-refractivity contribution in [3.63, 3.8) is 0 Å². The maximum atomic E-state index is 13.8. The average molecular weight is 323 g/mol. The number of quaternary nitrogens is 1. The van der Waals surface area contributed by atoms with Gasteiger partial charge in [0, 0.05) is 17.0 Å². The first-order valence-electron chi connectivity index (χ1n) is 8.52. The van der Waals surface area contributed by atoms with Gasteiger partial charge in [0.2, 0.25) is 0 Å². The third-order valence-corrected chi connectivity index (χ3v) is 4.85. The Kier molecular flexibility index (Phi) is 4.13. The molecule has 0 unspecified atom stereocenters. The van der Waals surface area contributed by atoms with Crippen molar-refractivity contribution < 1.29 is 14.3 Å². The van der Waals surface area contributed by atoms with E-state index < -0.39 is 0 Å². The van der Waals surface area contributed by atoms with E-state index in [1.54, 1.807) is 12.1 Å². The Labute approximate surface area is 141 Å². The molecule has 4 heteroatoms. The van der Waals surface area contributed by atoms with Gasteiger partial charge in [-0.1, -0.05) is 36.4 Å². The van der Waals surface area contributed by atoms with Gasteiger partial charge < -0.3 is 4.90 Å². The number of nitrogens with zero attached hydrogens (tertiary/aromatic N) is 1. The van der Waals surface area contributed by atoms with Crippen LogP contribution < -0.4 is 14.8 Å². The van der Waals surface area contributed by atoms with Crippen LogP contribution in [0.1, 0.15) is 5.56 Å². The van der Waals surface area contributed by atoms with E-state index in [4.69, 9.17) is 0 Å². The fraction of sp³-hybridized carbons (Fsp3) is 0.250. The van der Waals surface area contributed by atoms with E-state index in [-0.39, 0.29) is 5.82 Å². The Morgan fingerprint density at radius 3 is 2.50 bits per heavy atom. The third kappa shape index (κ3) is 3.10. The van der Waals surface area contributed by atoms with Crippen LogP contribution in [0.25, 0.3) is 10.9 Å². The van der Waals surface area contributed by atoms with Crippen LogP contribution in [0.3, 0.4) is 0 Å². The number of fused-ring (bicyclic) bond motifs is 1. The molecule has 3 nitrogen and oxygen atoms in total. The highest BCUT2D eigenvalue weighted by molar-refractivity contribution is 5.76. The molecule has 24 heavy (non-hydrogen) atoms. The number of pyridine rings is 1. The van der Waals surface area contributed by atoms with Crippen molar-refractivity contribution in [3.05, 3.63) is 72.0 Å². The Morgan fingerprint density at radius 1 is 0.917 bits per heavy atom. The first kappa shape index (κ1) is 15.1. The maximum absolute atomic E-state index is 13.8. The van der Waals surface area contributed by atoms with Crippen molar-refractivity contribution in [1.29, 1.82) is 0 Å². The Balaban J connectivity index is 1.42. The van der Waals surface area contributed by atoms with Gasteiger partial charge in [-0.3, -0.25) is 4.90 Å². The number of halogens is 1. The van der Waals surface area contributed by atoms with Crippen LogP contribution in [-0.2, 0) is 6.54 Å². The van der Waals surface area contributed by atoms with E-state index in [1.165, 1.54) is 16.1 Å². The fourth-order valence-electron chi connectivity index (χ4n) is 3.44. The minimum absolute atomic E-state index is 0.0877. The maximum Gasteiger partial charge on any atom is 0.275 e. The van der Waals surface area contributed by atoms with E-state index in [1.807, 2.05) is 12.1 Å². The van der Waals surface area contributed by atoms with Crippen LogP contribution in [0.4, 0.5) is 10.2 Å². The van der Waals surface area contributed by atoms with Gasteiger partial charge in [-0.2, -0.15) is 0 Å². The Bertz CT molecular complexity index is 841. The summed E-state index contributed by atoms with van der Waals surface area (Å²) in [6.45, 7) is 4.78.